The van der Waals surface area contributed by atoms with Crippen molar-refractivity contribution in [3.05, 3.63) is 53.6 Å². The monoisotopic (exact) mass is 286 g/mol. The van der Waals surface area contributed by atoms with Gasteiger partial charge >= 0.3 is 0 Å². The van der Waals surface area contributed by atoms with Gasteiger partial charge in [0.25, 0.3) is 0 Å². The van der Waals surface area contributed by atoms with E-state index in [-0.39, 0.29) is 11.8 Å². The van der Waals surface area contributed by atoms with Crippen molar-refractivity contribution in [1.29, 1.82) is 0 Å². The number of hydrogen-bond donors (Lipinski definition) is 0. The molecular weight excluding hydrogens is 276 g/mol. The van der Waals surface area contributed by atoms with Crippen molar-refractivity contribution in [3.63, 3.8) is 0 Å². The summed E-state index contributed by atoms with van der Waals surface area (Å²) in [5.41, 5.74) is 0. The molecule has 0 saturated heterocycles. The van der Waals surface area contributed by atoms with Crippen LogP contribution in [0, 0.1) is 23.3 Å². The van der Waals surface area contributed by atoms with Gasteiger partial charge in [-0.25, -0.2) is 8.78 Å². The van der Waals surface area contributed by atoms with Crippen LogP contribution in [-0.2, 0) is 0 Å². The largest absolute Gasteiger partial charge is 0.494 e. The van der Waals surface area contributed by atoms with Gasteiger partial charge in [-0.2, -0.15) is 8.78 Å². The molecule has 106 valence electrons. The van der Waals surface area contributed by atoms with Crippen LogP contribution < -0.4 is 9.47 Å². The number of halogens is 4. The molecule has 2 aromatic carbocycles. The third kappa shape index (κ3) is 2.84. The van der Waals surface area contributed by atoms with Gasteiger partial charge in [0.05, 0.1) is 6.61 Å². The Morgan fingerprint density at radius 2 is 1.50 bits per heavy atom. The van der Waals surface area contributed by atoms with Gasteiger partial charge in [0, 0.05) is 12.1 Å². The summed E-state index contributed by atoms with van der Waals surface area (Å²) in [6, 6.07) is 5.98. The van der Waals surface area contributed by atoms with Gasteiger partial charge in [0.2, 0.25) is 17.4 Å². The highest BCUT2D eigenvalue weighted by Crippen LogP contribution is 2.32. The first-order valence-corrected chi connectivity index (χ1v) is 5.76. The predicted octanol–water partition coefficient (Wildman–Crippen LogP) is 4.43. The molecule has 0 aliphatic heterocycles. The third-order valence-corrected chi connectivity index (χ3v) is 2.41. The van der Waals surface area contributed by atoms with Gasteiger partial charge in [0.15, 0.2) is 11.6 Å². The molecule has 0 bridgehead atoms. The Balaban J connectivity index is 2.37. The van der Waals surface area contributed by atoms with Crippen LogP contribution in [0.15, 0.2) is 30.3 Å². The van der Waals surface area contributed by atoms with Crippen molar-refractivity contribution < 1.29 is 27.0 Å². The summed E-state index contributed by atoms with van der Waals surface area (Å²) in [6.45, 7) is 2.15. The maximum Gasteiger partial charge on any atom is 0.204 e. The quantitative estimate of drug-likeness (QED) is 0.611. The lowest BCUT2D eigenvalue weighted by Crippen LogP contribution is -1.99. The van der Waals surface area contributed by atoms with Crippen LogP contribution in [0.5, 0.6) is 17.2 Å². The standard InChI is InChI=1S/C14H10F4O2/c1-2-19-8-4-3-5-9(6-8)20-14-12(17)10(15)7-11(16)13(14)18/h3-7H,2H2,1H3. The Kier molecular flexibility index (Phi) is 4.12. The average molecular weight is 286 g/mol. The van der Waals surface area contributed by atoms with E-state index in [2.05, 4.69) is 0 Å². The fourth-order valence-corrected chi connectivity index (χ4v) is 1.55. The molecule has 0 aliphatic rings. The van der Waals surface area contributed by atoms with Crippen LogP contribution in [0.3, 0.4) is 0 Å². The van der Waals surface area contributed by atoms with Gasteiger partial charge in [-0.3, -0.25) is 0 Å². The van der Waals surface area contributed by atoms with E-state index in [0.29, 0.717) is 12.4 Å². The van der Waals surface area contributed by atoms with Crippen LogP contribution in [0.4, 0.5) is 17.6 Å². The molecule has 2 rings (SSSR count). The Hall–Kier alpha value is -2.24. The first-order valence-electron chi connectivity index (χ1n) is 5.76. The normalized spacial score (nSPS) is 10.4. The Morgan fingerprint density at radius 1 is 0.900 bits per heavy atom. The maximum absolute atomic E-state index is 13.4. The average Bonchev–Trinajstić information content (AvgIpc) is 2.42. The lowest BCUT2D eigenvalue weighted by Gasteiger charge is -2.10. The Bertz CT molecular complexity index is 603. The minimum Gasteiger partial charge on any atom is -0.494 e. The molecule has 20 heavy (non-hydrogen) atoms. The fourth-order valence-electron chi connectivity index (χ4n) is 1.55. The fraction of sp³-hybridized carbons (Fsp3) is 0.143. The molecule has 0 aromatic heterocycles. The molecule has 0 amide bonds. The minimum atomic E-state index is -1.59. The number of benzene rings is 2. The second-order valence-corrected chi connectivity index (χ2v) is 3.81. The Morgan fingerprint density at radius 3 is 2.10 bits per heavy atom. The molecule has 6 heteroatoms. The molecule has 0 radical (unpaired) electrons. The number of ether oxygens (including phenoxy) is 2. The summed E-state index contributed by atoms with van der Waals surface area (Å²) < 4.78 is 63.0. The summed E-state index contributed by atoms with van der Waals surface area (Å²) in [5, 5.41) is 0. The zero-order chi connectivity index (χ0) is 14.7. The lowest BCUT2D eigenvalue weighted by atomic mass is 10.2. The highest BCUT2D eigenvalue weighted by Gasteiger charge is 2.21. The van der Waals surface area contributed by atoms with E-state index < -0.39 is 29.0 Å². The van der Waals surface area contributed by atoms with E-state index >= 15 is 0 Å². The van der Waals surface area contributed by atoms with Crippen molar-refractivity contribution in [1.82, 2.24) is 0 Å². The lowest BCUT2D eigenvalue weighted by molar-refractivity contribution is 0.335. The molecule has 2 nitrogen and oxygen atoms in total. The van der Waals surface area contributed by atoms with Crippen LogP contribution >= 0.6 is 0 Å². The van der Waals surface area contributed by atoms with E-state index in [1.165, 1.54) is 18.2 Å². The molecular formula is C14H10F4O2. The van der Waals surface area contributed by atoms with Gasteiger partial charge in [-0.1, -0.05) is 6.07 Å². The smallest absolute Gasteiger partial charge is 0.204 e. The van der Waals surface area contributed by atoms with E-state index in [1.807, 2.05) is 0 Å². The molecule has 0 atom stereocenters. The SMILES string of the molecule is CCOc1cccc(Oc2c(F)c(F)cc(F)c2F)c1. The zero-order valence-corrected chi connectivity index (χ0v) is 10.4. The van der Waals surface area contributed by atoms with Gasteiger partial charge in [-0.05, 0) is 19.1 Å². The summed E-state index contributed by atoms with van der Waals surface area (Å²) in [5.74, 6) is -6.96. The van der Waals surface area contributed by atoms with E-state index in [9.17, 15) is 17.6 Å². The summed E-state index contributed by atoms with van der Waals surface area (Å²) in [7, 11) is 0. The first-order chi connectivity index (χ1) is 9.52. The summed E-state index contributed by atoms with van der Waals surface area (Å²) in [6.07, 6.45) is 0. The van der Waals surface area contributed by atoms with Gasteiger partial charge in [-0.15, -0.1) is 0 Å². The first kappa shape index (κ1) is 14.2. The van der Waals surface area contributed by atoms with Crippen molar-refractivity contribution in [3.8, 4) is 17.2 Å². The van der Waals surface area contributed by atoms with Gasteiger partial charge in [0.1, 0.15) is 11.5 Å². The highest BCUT2D eigenvalue weighted by atomic mass is 19.2. The molecule has 0 spiro atoms. The van der Waals surface area contributed by atoms with Crippen molar-refractivity contribution in [2.75, 3.05) is 6.61 Å². The number of rotatable bonds is 4. The van der Waals surface area contributed by atoms with E-state index in [0.717, 1.165) is 0 Å². The van der Waals surface area contributed by atoms with Crippen molar-refractivity contribution in [2.24, 2.45) is 0 Å². The molecule has 2 aromatic rings. The zero-order valence-electron chi connectivity index (χ0n) is 10.4. The van der Waals surface area contributed by atoms with E-state index in [1.54, 1.807) is 13.0 Å². The highest BCUT2D eigenvalue weighted by molar-refractivity contribution is 5.38. The number of hydrogen-bond acceptors (Lipinski definition) is 2. The van der Waals surface area contributed by atoms with Crippen LogP contribution in [-0.4, -0.2) is 6.61 Å². The molecule has 0 saturated carbocycles. The van der Waals surface area contributed by atoms with Crippen molar-refractivity contribution in [2.45, 2.75) is 6.92 Å². The topological polar surface area (TPSA) is 18.5 Å². The third-order valence-electron chi connectivity index (χ3n) is 2.41. The molecule has 0 unspecified atom stereocenters. The Labute approximate surface area is 112 Å². The summed E-state index contributed by atoms with van der Waals surface area (Å²) in [4.78, 5) is 0. The minimum absolute atomic E-state index is 0.00116. The molecule has 0 N–H and O–H groups in total. The van der Waals surface area contributed by atoms with Gasteiger partial charge < -0.3 is 9.47 Å². The second-order valence-electron chi connectivity index (χ2n) is 3.81. The molecule has 0 aliphatic carbocycles. The summed E-state index contributed by atoms with van der Waals surface area (Å²) >= 11 is 0. The van der Waals surface area contributed by atoms with Crippen LogP contribution in [0.1, 0.15) is 6.92 Å². The van der Waals surface area contributed by atoms with Crippen LogP contribution in [0.25, 0.3) is 0 Å². The maximum atomic E-state index is 13.4. The molecule has 0 fully saturated rings. The molecule has 0 heterocycles. The second kappa shape index (κ2) is 5.81. The van der Waals surface area contributed by atoms with Crippen molar-refractivity contribution >= 4 is 0 Å². The van der Waals surface area contributed by atoms with Crippen LogP contribution in [0.2, 0.25) is 0 Å². The predicted molar refractivity (Wildman–Crippen MR) is 64.0 cm³/mol. The van der Waals surface area contributed by atoms with E-state index in [4.69, 9.17) is 9.47 Å².